The number of allylic oxidation sites excluding steroid dienone is 1. The quantitative estimate of drug-likeness (QED) is 0.756. The van der Waals surface area contributed by atoms with E-state index in [1.165, 1.54) is 12.1 Å². The fourth-order valence-electron chi connectivity index (χ4n) is 3.35. The summed E-state index contributed by atoms with van der Waals surface area (Å²) < 4.78 is 24.3. The summed E-state index contributed by atoms with van der Waals surface area (Å²) in [5.41, 5.74) is 1.10. The van der Waals surface area contributed by atoms with E-state index in [1.54, 1.807) is 36.4 Å². The summed E-state index contributed by atoms with van der Waals surface area (Å²) in [4.78, 5) is 26.5. The normalized spacial score (nSPS) is 17.4. The molecule has 0 bridgehead atoms. The first-order valence-electron chi connectivity index (χ1n) is 9.34. The number of fused-ring (bicyclic) bond motifs is 1. The molecule has 2 aliphatic rings. The summed E-state index contributed by atoms with van der Waals surface area (Å²) in [6.07, 6.45) is 4.80. The fourth-order valence-corrected chi connectivity index (χ4v) is 3.35. The standard InChI is InChI=1S/C22H20FNO4/c23-16-6-4-15(5-7-16)12-20-22(26)18-9-8-17(13-19(18)28-20)27-14-21(25)24-10-2-1-3-11-24/h4-9,12-13H,1-3,10-11,14H2. The average molecular weight is 381 g/mol. The summed E-state index contributed by atoms with van der Waals surface area (Å²) in [6, 6.07) is 10.7. The van der Waals surface area contributed by atoms with Crippen LogP contribution in [-0.2, 0) is 4.79 Å². The Balaban J connectivity index is 1.43. The largest absolute Gasteiger partial charge is 0.484 e. The molecule has 2 aromatic carbocycles. The number of hydrogen-bond acceptors (Lipinski definition) is 4. The summed E-state index contributed by atoms with van der Waals surface area (Å²) in [6.45, 7) is 1.52. The van der Waals surface area contributed by atoms with Gasteiger partial charge in [-0.05, 0) is 55.2 Å². The molecule has 144 valence electrons. The molecule has 0 unspecified atom stereocenters. The molecule has 1 fully saturated rings. The van der Waals surface area contributed by atoms with Gasteiger partial charge in [-0.15, -0.1) is 0 Å². The molecule has 1 amide bonds. The molecule has 2 aromatic rings. The number of carbonyl (C=O) groups is 2. The van der Waals surface area contributed by atoms with Crippen LogP contribution in [0.4, 0.5) is 4.39 Å². The van der Waals surface area contributed by atoms with Gasteiger partial charge in [-0.1, -0.05) is 12.1 Å². The zero-order valence-corrected chi connectivity index (χ0v) is 15.3. The lowest BCUT2D eigenvalue weighted by atomic mass is 10.1. The van der Waals surface area contributed by atoms with Crippen molar-refractivity contribution in [2.24, 2.45) is 0 Å². The van der Waals surface area contributed by atoms with Crippen molar-refractivity contribution < 1.29 is 23.5 Å². The number of ether oxygens (including phenoxy) is 2. The van der Waals surface area contributed by atoms with Gasteiger partial charge in [-0.25, -0.2) is 4.39 Å². The highest BCUT2D eigenvalue weighted by Gasteiger charge is 2.28. The van der Waals surface area contributed by atoms with Crippen molar-refractivity contribution in [1.82, 2.24) is 4.90 Å². The minimum atomic E-state index is -0.343. The van der Waals surface area contributed by atoms with Crippen LogP contribution in [0.5, 0.6) is 11.5 Å². The number of piperidine rings is 1. The van der Waals surface area contributed by atoms with E-state index in [-0.39, 0.29) is 29.9 Å². The number of carbonyl (C=O) groups excluding carboxylic acids is 2. The average Bonchev–Trinajstić information content (AvgIpc) is 3.03. The van der Waals surface area contributed by atoms with Crippen LogP contribution in [0.1, 0.15) is 35.2 Å². The van der Waals surface area contributed by atoms with Gasteiger partial charge in [0.1, 0.15) is 17.3 Å². The van der Waals surface area contributed by atoms with Gasteiger partial charge in [0, 0.05) is 19.2 Å². The van der Waals surface area contributed by atoms with Crippen LogP contribution in [0, 0.1) is 5.82 Å². The lowest BCUT2D eigenvalue weighted by Gasteiger charge is -2.26. The molecule has 0 N–H and O–H groups in total. The number of amides is 1. The third-order valence-corrected chi connectivity index (χ3v) is 4.88. The van der Waals surface area contributed by atoms with Gasteiger partial charge in [0.15, 0.2) is 12.4 Å². The van der Waals surface area contributed by atoms with E-state index in [1.807, 2.05) is 4.90 Å². The number of nitrogens with zero attached hydrogens (tertiary/aromatic N) is 1. The Kier molecular flexibility index (Phi) is 5.10. The van der Waals surface area contributed by atoms with Crippen LogP contribution in [0.3, 0.4) is 0 Å². The minimum Gasteiger partial charge on any atom is -0.484 e. The lowest BCUT2D eigenvalue weighted by Crippen LogP contribution is -2.38. The molecule has 0 atom stereocenters. The van der Waals surface area contributed by atoms with Crippen LogP contribution in [0.15, 0.2) is 48.2 Å². The number of likely N-dealkylation sites (tertiary alicyclic amines) is 1. The maximum atomic E-state index is 13.0. The highest BCUT2D eigenvalue weighted by molar-refractivity contribution is 6.14. The van der Waals surface area contributed by atoms with Gasteiger partial charge in [0.05, 0.1) is 5.56 Å². The number of hydrogen-bond donors (Lipinski definition) is 0. The molecule has 0 saturated carbocycles. The summed E-state index contributed by atoms with van der Waals surface area (Å²) in [7, 11) is 0. The Hall–Kier alpha value is -3.15. The Morgan fingerprint density at radius 1 is 1.11 bits per heavy atom. The van der Waals surface area contributed by atoms with Crippen molar-refractivity contribution in [2.75, 3.05) is 19.7 Å². The number of halogens is 1. The van der Waals surface area contributed by atoms with Crippen LogP contribution >= 0.6 is 0 Å². The number of rotatable bonds is 4. The van der Waals surface area contributed by atoms with E-state index in [4.69, 9.17) is 9.47 Å². The Bertz CT molecular complexity index is 930. The van der Waals surface area contributed by atoms with Crippen molar-refractivity contribution in [3.63, 3.8) is 0 Å². The molecule has 0 radical (unpaired) electrons. The molecule has 5 nitrogen and oxygen atoms in total. The molecule has 2 heterocycles. The first kappa shape index (κ1) is 18.2. The monoisotopic (exact) mass is 381 g/mol. The van der Waals surface area contributed by atoms with Crippen molar-refractivity contribution in [1.29, 1.82) is 0 Å². The number of Topliss-reactive ketones (excluding diaryl/α,β-unsaturated/α-hetero) is 1. The maximum absolute atomic E-state index is 13.0. The highest BCUT2D eigenvalue weighted by Crippen LogP contribution is 2.35. The molecular formula is C22H20FNO4. The van der Waals surface area contributed by atoms with Crippen LogP contribution < -0.4 is 9.47 Å². The minimum absolute atomic E-state index is 0.0333. The van der Waals surface area contributed by atoms with E-state index in [0.29, 0.717) is 22.6 Å². The number of benzene rings is 2. The molecule has 0 aliphatic carbocycles. The van der Waals surface area contributed by atoms with Gasteiger partial charge in [0.2, 0.25) is 5.78 Å². The summed E-state index contributed by atoms with van der Waals surface area (Å²) >= 11 is 0. The van der Waals surface area contributed by atoms with E-state index in [0.717, 1.165) is 32.4 Å². The molecule has 1 saturated heterocycles. The van der Waals surface area contributed by atoms with E-state index >= 15 is 0 Å². The molecular weight excluding hydrogens is 361 g/mol. The summed E-state index contributed by atoms with van der Waals surface area (Å²) in [5, 5.41) is 0. The van der Waals surface area contributed by atoms with Crippen LogP contribution in [-0.4, -0.2) is 36.3 Å². The zero-order valence-electron chi connectivity index (χ0n) is 15.3. The van der Waals surface area contributed by atoms with E-state index in [2.05, 4.69) is 0 Å². The van der Waals surface area contributed by atoms with Crippen molar-refractivity contribution >= 4 is 17.8 Å². The first-order chi connectivity index (χ1) is 13.6. The molecule has 0 aromatic heterocycles. The lowest BCUT2D eigenvalue weighted by molar-refractivity contribution is -0.134. The molecule has 28 heavy (non-hydrogen) atoms. The van der Waals surface area contributed by atoms with E-state index < -0.39 is 0 Å². The third kappa shape index (κ3) is 3.91. The SMILES string of the molecule is O=C1C(=Cc2ccc(F)cc2)Oc2cc(OCC(=O)N3CCCCC3)ccc21. The van der Waals surface area contributed by atoms with Gasteiger partial charge in [-0.3, -0.25) is 9.59 Å². The van der Waals surface area contributed by atoms with Crippen molar-refractivity contribution in [3.8, 4) is 11.5 Å². The second-order valence-electron chi connectivity index (χ2n) is 6.88. The Morgan fingerprint density at radius 3 is 2.61 bits per heavy atom. The Labute approximate surface area is 162 Å². The topological polar surface area (TPSA) is 55.8 Å². The van der Waals surface area contributed by atoms with Crippen LogP contribution in [0.2, 0.25) is 0 Å². The predicted octanol–water partition coefficient (Wildman–Crippen LogP) is 3.83. The fraction of sp³-hybridized carbons (Fsp3) is 0.273. The molecule has 4 rings (SSSR count). The van der Waals surface area contributed by atoms with Crippen molar-refractivity contribution in [3.05, 3.63) is 65.2 Å². The smallest absolute Gasteiger partial charge is 0.260 e. The first-order valence-corrected chi connectivity index (χ1v) is 9.34. The van der Waals surface area contributed by atoms with Crippen molar-refractivity contribution in [2.45, 2.75) is 19.3 Å². The van der Waals surface area contributed by atoms with Crippen LogP contribution in [0.25, 0.3) is 6.08 Å². The highest BCUT2D eigenvalue weighted by atomic mass is 19.1. The maximum Gasteiger partial charge on any atom is 0.260 e. The summed E-state index contributed by atoms with van der Waals surface area (Å²) in [5.74, 6) is 0.415. The van der Waals surface area contributed by atoms with Gasteiger partial charge in [0.25, 0.3) is 5.91 Å². The second kappa shape index (κ2) is 7.84. The second-order valence-corrected chi connectivity index (χ2v) is 6.88. The molecule has 2 aliphatic heterocycles. The predicted molar refractivity (Wildman–Crippen MR) is 102 cm³/mol. The van der Waals surface area contributed by atoms with E-state index in [9.17, 15) is 14.0 Å². The molecule has 6 heteroatoms. The number of ketones is 1. The Morgan fingerprint density at radius 2 is 1.86 bits per heavy atom. The third-order valence-electron chi connectivity index (χ3n) is 4.88. The zero-order chi connectivity index (χ0) is 19.5. The van der Waals surface area contributed by atoms with Gasteiger partial charge < -0.3 is 14.4 Å². The van der Waals surface area contributed by atoms with Gasteiger partial charge >= 0.3 is 0 Å². The van der Waals surface area contributed by atoms with Gasteiger partial charge in [-0.2, -0.15) is 0 Å². The molecule has 0 spiro atoms.